The first-order chi connectivity index (χ1) is 10.6. The highest BCUT2D eigenvalue weighted by atomic mass is 16.5. The average molecular weight is 304 g/mol. The van der Waals surface area contributed by atoms with Gasteiger partial charge in [-0.3, -0.25) is 9.59 Å². The Bertz CT molecular complexity index is 582. The predicted octanol–water partition coefficient (Wildman–Crippen LogP) is 0.632. The molecule has 1 aromatic carbocycles. The highest BCUT2D eigenvalue weighted by Gasteiger charge is 2.31. The molecule has 3 rings (SSSR count). The normalized spacial score (nSPS) is 22.3. The number of Topliss-reactive ketones (excluding diaryl/α,β-unsaturated/α-hetero) is 1. The van der Waals surface area contributed by atoms with Crippen LogP contribution in [0.3, 0.4) is 0 Å². The third kappa shape index (κ3) is 3.13. The lowest BCUT2D eigenvalue weighted by atomic mass is 9.92. The Labute approximate surface area is 129 Å². The molecular formula is C16H20N2O4. The number of nitrogens with two attached hydrogens (primary N) is 1. The molecule has 2 aliphatic rings. The zero-order chi connectivity index (χ0) is 15.5. The Morgan fingerprint density at radius 1 is 1.23 bits per heavy atom. The van der Waals surface area contributed by atoms with E-state index < -0.39 is 12.0 Å². The Morgan fingerprint density at radius 2 is 2.00 bits per heavy atom. The topological polar surface area (TPSA) is 90.7 Å². The Kier molecular flexibility index (Phi) is 4.40. The molecule has 3 N–H and O–H groups in total. The summed E-state index contributed by atoms with van der Waals surface area (Å²) in [7, 11) is 0. The Balaban J connectivity index is 1.76. The number of ether oxygens (including phenoxy) is 2. The van der Waals surface area contributed by atoms with Gasteiger partial charge in [-0.1, -0.05) is 0 Å². The van der Waals surface area contributed by atoms with Crippen LogP contribution in [0.2, 0.25) is 0 Å². The molecule has 2 heterocycles. The van der Waals surface area contributed by atoms with E-state index >= 15 is 0 Å². The largest absolute Gasteiger partial charge is 0.481 e. The van der Waals surface area contributed by atoms with Crippen LogP contribution in [0.5, 0.6) is 5.75 Å². The minimum atomic E-state index is -0.497. The molecule has 1 aromatic rings. The SMILES string of the molecule is NC(=O)c1ccc2c(c1)CNCC(C(=O)C1CCOCC1)O2. The van der Waals surface area contributed by atoms with E-state index in [2.05, 4.69) is 5.32 Å². The van der Waals surface area contributed by atoms with Gasteiger partial charge in [-0.05, 0) is 31.0 Å². The molecule has 0 bridgehead atoms. The molecule has 118 valence electrons. The molecule has 6 heteroatoms. The smallest absolute Gasteiger partial charge is 0.248 e. The second kappa shape index (κ2) is 6.46. The summed E-state index contributed by atoms with van der Waals surface area (Å²) in [5.41, 5.74) is 6.58. The average Bonchev–Trinajstić information content (AvgIpc) is 2.76. The van der Waals surface area contributed by atoms with E-state index in [0.29, 0.717) is 37.6 Å². The van der Waals surface area contributed by atoms with E-state index in [1.165, 1.54) is 0 Å². The summed E-state index contributed by atoms with van der Waals surface area (Å²) in [5.74, 6) is 0.303. The van der Waals surface area contributed by atoms with Crippen LogP contribution in [0.25, 0.3) is 0 Å². The highest BCUT2D eigenvalue weighted by molar-refractivity contribution is 5.93. The number of hydrogen-bond acceptors (Lipinski definition) is 5. The third-order valence-electron chi connectivity index (χ3n) is 4.20. The maximum Gasteiger partial charge on any atom is 0.248 e. The van der Waals surface area contributed by atoms with Gasteiger partial charge in [0, 0.05) is 43.3 Å². The molecule has 1 fully saturated rings. The van der Waals surface area contributed by atoms with Gasteiger partial charge in [0.1, 0.15) is 5.75 Å². The first-order valence-electron chi connectivity index (χ1n) is 7.56. The minimum absolute atomic E-state index is 0.00647. The molecule has 1 saturated heterocycles. The molecule has 2 aliphatic heterocycles. The number of ketones is 1. The van der Waals surface area contributed by atoms with Gasteiger partial charge in [0.2, 0.25) is 5.91 Å². The van der Waals surface area contributed by atoms with Crippen molar-refractivity contribution >= 4 is 11.7 Å². The number of carbonyl (C=O) groups excluding carboxylic acids is 2. The molecule has 0 saturated carbocycles. The van der Waals surface area contributed by atoms with Crippen LogP contribution in [-0.4, -0.2) is 37.6 Å². The lowest BCUT2D eigenvalue weighted by molar-refractivity contribution is -0.132. The predicted molar refractivity (Wildman–Crippen MR) is 79.6 cm³/mol. The van der Waals surface area contributed by atoms with Gasteiger partial charge in [0.15, 0.2) is 11.9 Å². The summed E-state index contributed by atoms with van der Waals surface area (Å²) in [6, 6.07) is 5.06. The number of amides is 1. The summed E-state index contributed by atoms with van der Waals surface area (Å²) in [6.45, 7) is 2.29. The van der Waals surface area contributed by atoms with Crippen LogP contribution in [0, 0.1) is 5.92 Å². The summed E-state index contributed by atoms with van der Waals surface area (Å²) in [6.07, 6.45) is 1.02. The molecule has 0 aliphatic carbocycles. The van der Waals surface area contributed by atoms with Gasteiger partial charge in [0.05, 0.1) is 0 Å². The van der Waals surface area contributed by atoms with Crippen molar-refractivity contribution in [2.45, 2.75) is 25.5 Å². The zero-order valence-electron chi connectivity index (χ0n) is 12.3. The lowest BCUT2D eigenvalue weighted by Gasteiger charge is -2.25. The van der Waals surface area contributed by atoms with E-state index in [1.54, 1.807) is 18.2 Å². The first kappa shape index (κ1) is 15.0. The van der Waals surface area contributed by atoms with E-state index in [9.17, 15) is 9.59 Å². The number of fused-ring (bicyclic) bond motifs is 1. The Hall–Kier alpha value is -1.92. The highest BCUT2D eigenvalue weighted by Crippen LogP contribution is 2.26. The van der Waals surface area contributed by atoms with E-state index in [-0.39, 0.29) is 11.7 Å². The standard InChI is InChI=1S/C16H20N2O4/c17-16(20)11-1-2-13-12(7-11)8-18-9-14(22-13)15(19)10-3-5-21-6-4-10/h1-2,7,10,14,18H,3-6,8-9H2,(H2,17,20). The fourth-order valence-corrected chi connectivity index (χ4v) is 2.92. The van der Waals surface area contributed by atoms with Gasteiger partial charge < -0.3 is 20.5 Å². The van der Waals surface area contributed by atoms with Crippen LogP contribution < -0.4 is 15.8 Å². The molecule has 1 atom stereocenters. The molecule has 0 spiro atoms. The summed E-state index contributed by atoms with van der Waals surface area (Å²) in [5, 5.41) is 3.21. The summed E-state index contributed by atoms with van der Waals surface area (Å²) < 4.78 is 11.2. The van der Waals surface area contributed by atoms with Crippen LogP contribution >= 0.6 is 0 Å². The molecule has 1 unspecified atom stereocenters. The second-order valence-electron chi connectivity index (χ2n) is 5.71. The zero-order valence-corrected chi connectivity index (χ0v) is 12.3. The number of primary amides is 1. The fraction of sp³-hybridized carbons (Fsp3) is 0.500. The monoisotopic (exact) mass is 304 g/mol. The van der Waals surface area contributed by atoms with Crippen molar-refractivity contribution in [2.24, 2.45) is 11.7 Å². The van der Waals surface area contributed by atoms with Crippen LogP contribution in [-0.2, 0) is 16.1 Å². The quantitative estimate of drug-likeness (QED) is 0.855. The second-order valence-corrected chi connectivity index (χ2v) is 5.71. The van der Waals surface area contributed by atoms with Crippen molar-refractivity contribution in [3.63, 3.8) is 0 Å². The minimum Gasteiger partial charge on any atom is -0.481 e. The number of benzene rings is 1. The van der Waals surface area contributed by atoms with Gasteiger partial charge >= 0.3 is 0 Å². The van der Waals surface area contributed by atoms with Gasteiger partial charge in [0.25, 0.3) is 0 Å². The molecular weight excluding hydrogens is 284 g/mol. The molecule has 0 radical (unpaired) electrons. The molecule has 0 aromatic heterocycles. The van der Waals surface area contributed by atoms with Crippen LogP contribution in [0.1, 0.15) is 28.8 Å². The van der Waals surface area contributed by atoms with Crippen LogP contribution in [0.4, 0.5) is 0 Å². The number of carbonyl (C=O) groups is 2. The van der Waals surface area contributed by atoms with Gasteiger partial charge in [-0.25, -0.2) is 0 Å². The molecule has 6 nitrogen and oxygen atoms in total. The summed E-state index contributed by atoms with van der Waals surface area (Å²) >= 11 is 0. The molecule has 22 heavy (non-hydrogen) atoms. The third-order valence-corrected chi connectivity index (χ3v) is 4.20. The maximum atomic E-state index is 12.6. The number of hydrogen-bond donors (Lipinski definition) is 2. The van der Waals surface area contributed by atoms with Gasteiger partial charge in [-0.2, -0.15) is 0 Å². The van der Waals surface area contributed by atoms with Crippen molar-refractivity contribution < 1.29 is 19.1 Å². The van der Waals surface area contributed by atoms with E-state index in [4.69, 9.17) is 15.2 Å². The van der Waals surface area contributed by atoms with Crippen molar-refractivity contribution in [2.75, 3.05) is 19.8 Å². The maximum absolute atomic E-state index is 12.6. The lowest BCUT2D eigenvalue weighted by Crippen LogP contribution is -2.41. The first-order valence-corrected chi connectivity index (χ1v) is 7.56. The fourth-order valence-electron chi connectivity index (χ4n) is 2.92. The van der Waals surface area contributed by atoms with Crippen molar-refractivity contribution in [3.8, 4) is 5.75 Å². The van der Waals surface area contributed by atoms with Crippen molar-refractivity contribution in [3.05, 3.63) is 29.3 Å². The van der Waals surface area contributed by atoms with E-state index in [0.717, 1.165) is 18.4 Å². The number of nitrogens with one attached hydrogen (secondary N) is 1. The van der Waals surface area contributed by atoms with Crippen LogP contribution in [0.15, 0.2) is 18.2 Å². The van der Waals surface area contributed by atoms with Crippen molar-refractivity contribution in [1.29, 1.82) is 0 Å². The Morgan fingerprint density at radius 3 is 2.73 bits per heavy atom. The van der Waals surface area contributed by atoms with E-state index in [1.807, 2.05) is 0 Å². The van der Waals surface area contributed by atoms with Crippen molar-refractivity contribution in [1.82, 2.24) is 5.32 Å². The van der Waals surface area contributed by atoms with Gasteiger partial charge in [-0.15, -0.1) is 0 Å². The summed E-state index contributed by atoms with van der Waals surface area (Å²) in [4.78, 5) is 23.8. The number of rotatable bonds is 3. The molecule has 1 amide bonds.